The first-order chi connectivity index (χ1) is 7.95. The number of carbonyl (C=O) groups excluding carboxylic acids is 1. The van der Waals surface area contributed by atoms with E-state index in [9.17, 15) is 4.79 Å². The lowest BCUT2D eigenvalue weighted by Crippen LogP contribution is -2.41. The normalized spacial score (nSPS) is 23.8. The molecule has 1 unspecified atom stereocenters. The molecule has 1 aromatic carbocycles. The van der Waals surface area contributed by atoms with Gasteiger partial charge in [0.2, 0.25) is 0 Å². The van der Waals surface area contributed by atoms with Gasteiger partial charge in [0, 0.05) is 5.56 Å². The lowest BCUT2D eigenvalue weighted by Gasteiger charge is -2.21. The van der Waals surface area contributed by atoms with E-state index in [2.05, 4.69) is 10.3 Å². The van der Waals surface area contributed by atoms with Crippen LogP contribution in [0.25, 0.3) is 0 Å². The topological polar surface area (TPSA) is 41.5 Å². The maximum atomic E-state index is 12.0. The Labute approximate surface area is 102 Å². The molecule has 0 radical (unpaired) electrons. The van der Waals surface area contributed by atoms with E-state index in [4.69, 9.17) is 0 Å². The van der Waals surface area contributed by atoms with Crippen LogP contribution >= 0.6 is 0 Å². The summed E-state index contributed by atoms with van der Waals surface area (Å²) < 4.78 is 0. The first-order valence-corrected chi connectivity index (χ1v) is 5.92. The van der Waals surface area contributed by atoms with E-state index < -0.39 is 5.54 Å². The van der Waals surface area contributed by atoms with Crippen molar-refractivity contribution in [1.29, 1.82) is 0 Å². The Morgan fingerprint density at radius 2 is 1.94 bits per heavy atom. The van der Waals surface area contributed by atoms with Crippen LogP contribution in [0.5, 0.6) is 0 Å². The quantitative estimate of drug-likeness (QED) is 0.832. The van der Waals surface area contributed by atoms with Crippen LogP contribution in [0, 0.1) is 12.8 Å². The molecular formula is C14H18N2O. The number of rotatable bonds is 2. The van der Waals surface area contributed by atoms with Crippen molar-refractivity contribution in [1.82, 2.24) is 5.32 Å². The Bertz CT molecular complexity index is 491. The second-order valence-corrected chi connectivity index (χ2v) is 5.03. The fourth-order valence-corrected chi connectivity index (χ4v) is 1.90. The molecule has 0 saturated heterocycles. The standard InChI is InChI=1S/C14H18N2O/c1-9(2)14(4)13(17)15-12(16-14)11-8-6-5-7-10(11)3/h5-9H,1-4H3,(H,15,16,17). The van der Waals surface area contributed by atoms with Crippen molar-refractivity contribution in [3.05, 3.63) is 35.4 Å². The van der Waals surface area contributed by atoms with Gasteiger partial charge >= 0.3 is 0 Å². The van der Waals surface area contributed by atoms with Crippen LogP contribution in [0.1, 0.15) is 31.9 Å². The molecule has 2 rings (SSSR count). The summed E-state index contributed by atoms with van der Waals surface area (Å²) in [7, 11) is 0. The number of nitrogens with one attached hydrogen (secondary N) is 1. The summed E-state index contributed by atoms with van der Waals surface area (Å²) in [5, 5.41) is 2.89. The van der Waals surface area contributed by atoms with E-state index >= 15 is 0 Å². The van der Waals surface area contributed by atoms with Gasteiger partial charge < -0.3 is 5.32 Å². The first-order valence-electron chi connectivity index (χ1n) is 5.92. The molecular weight excluding hydrogens is 212 g/mol. The van der Waals surface area contributed by atoms with E-state index in [1.165, 1.54) is 0 Å². The summed E-state index contributed by atoms with van der Waals surface area (Å²) >= 11 is 0. The van der Waals surface area contributed by atoms with Gasteiger partial charge in [0.05, 0.1) is 0 Å². The minimum absolute atomic E-state index is 0.00856. The average molecular weight is 230 g/mol. The van der Waals surface area contributed by atoms with E-state index in [1.54, 1.807) is 0 Å². The summed E-state index contributed by atoms with van der Waals surface area (Å²) in [6.45, 7) is 7.95. The molecule has 3 heteroatoms. The van der Waals surface area contributed by atoms with Gasteiger partial charge in [0.1, 0.15) is 11.4 Å². The summed E-state index contributed by atoms with van der Waals surface area (Å²) in [5.74, 6) is 0.874. The third-order valence-corrected chi connectivity index (χ3v) is 3.56. The number of amidine groups is 1. The van der Waals surface area contributed by atoms with Gasteiger partial charge in [0.15, 0.2) is 0 Å². The van der Waals surface area contributed by atoms with Crippen LogP contribution in [0.15, 0.2) is 29.3 Å². The van der Waals surface area contributed by atoms with Crippen LogP contribution in [-0.4, -0.2) is 17.3 Å². The number of aryl methyl sites for hydroxylation is 1. The Kier molecular flexibility index (Phi) is 2.77. The van der Waals surface area contributed by atoms with E-state index in [1.807, 2.05) is 52.0 Å². The lowest BCUT2D eigenvalue weighted by atomic mass is 9.89. The van der Waals surface area contributed by atoms with Gasteiger partial charge in [-0.3, -0.25) is 9.79 Å². The van der Waals surface area contributed by atoms with Crippen molar-refractivity contribution in [2.45, 2.75) is 33.2 Å². The van der Waals surface area contributed by atoms with Gasteiger partial charge in [-0.05, 0) is 25.3 Å². The molecule has 1 N–H and O–H groups in total. The fourth-order valence-electron chi connectivity index (χ4n) is 1.90. The van der Waals surface area contributed by atoms with E-state index in [0.717, 1.165) is 11.1 Å². The smallest absolute Gasteiger partial charge is 0.253 e. The number of carbonyl (C=O) groups is 1. The van der Waals surface area contributed by atoms with Gasteiger partial charge in [-0.15, -0.1) is 0 Å². The average Bonchev–Trinajstić information content (AvgIpc) is 2.57. The first kappa shape index (κ1) is 11.8. The van der Waals surface area contributed by atoms with Crippen molar-refractivity contribution >= 4 is 11.7 Å². The number of hydrogen-bond acceptors (Lipinski definition) is 2. The minimum atomic E-state index is -0.641. The van der Waals surface area contributed by atoms with Gasteiger partial charge in [-0.25, -0.2) is 0 Å². The molecule has 0 bridgehead atoms. The molecule has 0 spiro atoms. The van der Waals surface area contributed by atoms with Crippen LogP contribution in [-0.2, 0) is 4.79 Å². The lowest BCUT2D eigenvalue weighted by molar-refractivity contribution is -0.124. The summed E-state index contributed by atoms with van der Waals surface area (Å²) in [4.78, 5) is 16.6. The van der Waals surface area contributed by atoms with Gasteiger partial charge in [-0.1, -0.05) is 38.1 Å². The number of amides is 1. The van der Waals surface area contributed by atoms with Gasteiger partial charge in [-0.2, -0.15) is 0 Å². The highest BCUT2D eigenvalue weighted by atomic mass is 16.2. The molecule has 0 saturated carbocycles. The second kappa shape index (κ2) is 3.99. The molecule has 17 heavy (non-hydrogen) atoms. The number of benzene rings is 1. The molecule has 1 heterocycles. The number of aliphatic imine (C=N–C) groups is 1. The predicted octanol–water partition coefficient (Wildman–Crippen LogP) is 2.29. The minimum Gasteiger partial charge on any atom is -0.308 e. The third kappa shape index (κ3) is 1.86. The van der Waals surface area contributed by atoms with Crippen LogP contribution in [0.2, 0.25) is 0 Å². The maximum Gasteiger partial charge on any atom is 0.253 e. The van der Waals surface area contributed by atoms with Crippen molar-refractivity contribution in [2.24, 2.45) is 10.9 Å². The van der Waals surface area contributed by atoms with Crippen molar-refractivity contribution in [3.8, 4) is 0 Å². The fraction of sp³-hybridized carbons (Fsp3) is 0.429. The Morgan fingerprint density at radius 1 is 1.29 bits per heavy atom. The predicted molar refractivity (Wildman–Crippen MR) is 69.1 cm³/mol. The number of nitrogens with zero attached hydrogens (tertiary/aromatic N) is 1. The van der Waals surface area contributed by atoms with Gasteiger partial charge in [0.25, 0.3) is 5.91 Å². The molecule has 1 atom stereocenters. The highest BCUT2D eigenvalue weighted by Gasteiger charge is 2.42. The zero-order chi connectivity index (χ0) is 12.6. The second-order valence-electron chi connectivity index (χ2n) is 5.03. The zero-order valence-corrected chi connectivity index (χ0v) is 10.7. The van der Waals surface area contributed by atoms with Crippen molar-refractivity contribution in [2.75, 3.05) is 0 Å². The molecule has 0 fully saturated rings. The monoisotopic (exact) mass is 230 g/mol. The molecule has 3 nitrogen and oxygen atoms in total. The molecule has 0 aliphatic carbocycles. The molecule has 1 aromatic rings. The Morgan fingerprint density at radius 3 is 2.47 bits per heavy atom. The van der Waals surface area contributed by atoms with E-state index in [0.29, 0.717) is 5.84 Å². The maximum absolute atomic E-state index is 12.0. The van der Waals surface area contributed by atoms with Crippen LogP contribution in [0.3, 0.4) is 0 Å². The molecule has 1 aliphatic rings. The van der Waals surface area contributed by atoms with Crippen molar-refractivity contribution < 1.29 is 4.79 Å². The highest BCUT2D eigenvalue weighted by molar-refractivity contribution is 6.15. The van der Waals surface area contributed by atoms with Crippen LogP contribution < -0.4 is 5.32 Å². The largest absolute Gasteiger partial charge is 0.308 e. The summed E-state index contributed by atoms with van der Waals surface area (Å²) in [6.07, 6.45) is 0. The molecule has 90 valence electrons. The Balaban J connectivity index is 2.44. The summed E-state index contributed by atoms with van der Waals surface area (Å²) in [5.41, 5.74) is 1.49. The highest BCUT2D eigenvalue weighted by Crippen LogP contribution is 2.27. The molecule has 1 amide bonds. The molecule has 0 aromatic heterocycles. The van der Waals surface area contributed by atoms with Crippen LogP contribution in [0.4, 0.5) is 0 Å². The zero-order valence-electron chi connectivity index (χ0n) is 10.7. The summed E-state index contributed by atoms with van der Waals surface area (Å²) in [6, 6.07) is 7.95. The third-order valence-electron chi connectivity index (χ3n) is 3.56. The molecule has 1 aliphatic heterocycles. The van der Waals surface area contributed by atoms with Crippen molar-refractivity contribution in [3.63, 3.8) is 0 Å². The number of hydrogen-bond donors (Lipinski definition) is 1. The Hall–Kier alpha value is -1.64. The SMILES string of the molecule is Cc1ccccc1C1=NC(C)(C(C)C)C(=O)N1. The van der Waals surface area contributed by atoms with E-state index in [-0.39, 0.29) is 11.8 Å².